The highest BCUT2D eigenvalue weighted by Crippen LogP contribution is 2.34. The van der Waals surface area contributed by atoms with Gasteiger partial charge in [-0.05, 0) is 31.4 Å². The molecule has 0 radical (unpaired) electrons. The summed E-state index contributed by atoms with van der Waals surface area (Å²) in [4.78, 5) is 23.7. The molecule has 1 aliphatic heterocycles. The number of carboxylic acid groups (broad SMARTS) is 1. The molecular formula is C24H29F2NO4. The summed E-state index contributed by atoms with van der Waals surface area (Å²) in [6, 6.07) is 8.71. The summed E-state index contributed by atoms with van der Waals surface area (Å²) >= 11 is 0. The van der Waals surface area contributed by atoms with Crippen LogP contribution in [-0.4, -0.2) is 51.6 Å². The number of hydrogen-bond donors (Lipinski definition) is 2. The Balaban J connectivity index is 1.80. The van der Waals surface area contributed by atoms with Crippen molar-refractivity contribution in [1.29, 1.82) is 0 Å². The van der Waals surface area contributed by atoms with Crippen molar-refractivity contribution >= 4 is 11.9 Å². The van der Waals surface area contributed by atoms with Crippen molar-refractivity contribution < 1.29 is 28.6 Å². The van der Waals surface area contributed by atoms with Crippen LogP contribution < -0.4 is 0 Å². The minimum Gasteiger partial charge on any atom is -0.481 e. The highest BCUT2D eigenvalue weighted by atomic mass is 19.3. The van der Waals surface area contributed by atoms with Crippen molar-refractivity contribution in [3.63, 3.8) is 0 Å². The Kier molecular flexibility index (Phi) is 9.67. The molecule has 168 valence electrons. The molecule has 0 spiro atoms. The van der Waals surface area contributed by atoms with Crippen LogP contribution in [-0.2, 0) is 9.59 Å². The van der Waals surface area contributed by atoms with Crippen molar-refractivity contribution in [2.75, 3.05) is 6.54 Å². The fourth-order valence-corrected chi connectivity index (χ4v) is 3.43. The molecule has 2 atom stereocenters. The van der Waals surface area contributed by atoms with Crippen LogP contribution in [0.3, 0.4) is 0 Å². The number of carbonyl (C=O) groups is 2. The Hall–Kier alpha value is -2.72. The average Bonchev–Trinajstić information content (AvgIpc) is 2.95. The largest absolute Gasteiger partial charge is 0.481 e. The summed E-state index contributed by atoms with van der Waals surface area (Å²) in [5.74, 6) is 0.531. The Bertz CT molecular complexity index is 814. The number of carbonyl (C=O) groups excluding carboxylic acids is 1. The zero-order valence-electron chi connectivity index (χ0n) is 17.5. The molecule has 1 aromatic carbocycles. The number of halogens is 2. The molecule has 0 aliphatic carbocycles. The van der Waals surface area contributed by atoms with E-state index in [0.717, 1.165) is 10.5 Å². The first kappa shape index (κ1) is 24.5. The molecule has 31 heavy (non-hydrogen) atoms. The van der Waals surface area contributed by atoms with E-state index >= 15 is 0 Å². The number of hydrogen-bond acceptors (Lipinski definition) is 3. The van der Waals surface area contributed by atoms with Crippen LogP contribution >= 0.6 is 0 Å². The number of alkyl halides is 2. The smallest absolute Gasteiger partial charge is 0.327 e. The fourth-order valence-electron chi connectivity index (χ4n) is 3.43. The van der Waals surface area contributed by atoms with Crippen molar-refractivity contribution in [3.8, 4) is 11.8 Å². The number of aliphatic hydroxyl groups is 1. The van der Waals surface area contributed by atoms with Crippen LogP contribution in [0, 0.1) is 11.8 Å². The highest BCUT2D eigenvalue weighted by molar-refractivity contribution is 5.86. The summed E-state index contributed by atoms with van der Waals surface area (Å²) < 4.78 is 27.8. The maximum atomic E-state index is 13.9. The predicted octanol–water partition coefficient (Wildman–Crippen LogP) is 4.01. The van der Waals surface area contributed by atoms with Crippen LogP contribution in [0.25, 0.3) is 0 Å². The minimum atomic E-state index is -3.40. The number of likely N-dealkylation sites (tertiary alicyclic amines) is 1. The van der Waals surface area contributed by atoms with E-state index in [1.165, 1.54) is 12.2 Å². The van der Waals surface area contributed by atoms with Crippen molar-refractivity contribution in [1.82, 2.24) is 4.90 Å². The number of carboxylic acids is 1. The van der Waals surface area contributed by atoms with E-state index in [0.29, 0.717) is 38.5 Å². The number of amides is 1. The summed E-state index contributed by atoms with van der Waals surface area (Å²) in [6.45, 7) is 0.190. The van der Waals surface area contributed by atoms with E-state index in [2.05, 4.69) is 11.8 Å². The Labute approximate surface area is 181 Å². The molecule has 0 aromatic heterocycles. The topological polar surface area (TPSA) is 77.8 Å². The molecule has 1 fully saturated rings. The van der Waals surface area contributed by atoms with Gasteiger partial charge in [0.2, 0.25) is 0 Å². The Morgan fingerprint density at radius 2 is 1.94 bits per heavy atom. The second-order valence-electron chi connectivity index (χ2n) is 7.69. The first-order valence-electron chi connectivity index (χ1n) is 10.6. The monoisotopic (exact) mass is 433 g/mol. The number of unbranched alkanes of at least 4 members (excludes halogenated alkanes) is 3. The van der Waals surface area contributed by atoms with Crippen LogP contribution in [0.4, 0.5) is 8.78 Å². The molecule has 1 aliphatic rings. The molecule has 2 rings (SSSR count). The van der Waals surface area contributed by atoms with Crippen molar-refractivity contribution in [2.45, 2.75) is 69.4 Å². The van der Waals surface area contributed by atoms with Gasteiger partial charge >= 0.3 is 11.9 Å². The van der Waals surface area contributed by atoms with E-state index in [1.807, 2.05) is 30.3 Å². The molecule has 1 heterocycles. The van der Waals surface area contributed by atoms with Crippen LogP contribution in [0.2, 0.25) is 0 Å². The first-order chi connectivity index (χ1) is 14.8. The van der Waals surface area contributed by atoms with Crippen LogP contribution in [0.15, 0.2) is 42.5 Å². The van der Waals surface area contributed by atoms with Gasteiger partial charge in [-0.2, -0.15) is 8.78 Å². The lowest BCUT2D eigenvalue weighted by Gasteiger charge is -2.22. The standard InChI is InChI=1S/C24H29F2NO4/c25-24(26)18-20(27(23(24)31)17-9-2-1-6-14-22(29)30)15-16-21(28)13-8-7-12-19-10-4-3-5-11-19/h3-5,10-11,15-16,20-21,28H,1-2,6,8-9,13-14,17-18H2,(H,29,30)/t20-,21-/m0/s1. The molecule has 0 saturated carbocycles. The van der Waals surface area contributed by atoms with Gasteiger partial charge in [0.15, 0.2) is 0 Å². The predicted molar refractivity (Wildman–Crippen MR) is 113 cm³/mol. The number of aliphatic carboxylic acids is 1. The minimum absolute atomic E-state index is 0.0830. The van der Waals surface area contributed by atoms with Gasteiger partial charge in [0.05, 0.1) is 12.1 Å². The lowest BCUT2D eigenvalue weighted by molar-refractivity contribution is -0.148. The highest BCUT2D eigenvalue weighted by Gasteiger charge is 2.52. The van der Waals surface area contributed by atoms with Crippen LogP contribution in [0.5, 0.6) is 0 Å². The van der Waals surface area contributed by atoms with Gasteiger partial charge in [-0.15, -0.1) is 0 Å². The van der Waals surface area contributed by atoms with E-state index < -0.39 is 36.4 Å². The second-order valence-corrected chi connectivity index (χ2v) is 7.69. The summed E-state index contributed by atoms with van der Waals surface area (Å²) in [6.07, 6.45) is 4.84. The number of rotatable bonds is 11. The van der Waals surface area contributed by atoms with Crippen molar-refractivity contribution in [2.24, 2.45) is 0 Å². The van der Waals surface area contributed by atoms with E-state index in [9.17, 15) is 23.5 Å². The van der Waals surface area contributed by atoms with Crippen molar-refractivity contribution in [3.05, 3.63) is 48.0 Å². The van der Waals surface area contributed by atoms with Gasteiger partial charge in [-0.1, -0.05) is 55.0 Å². The summed E-state index contributed by atoms with van der Waals surface area (Å²) in [7, 11) is 0. The maximum Gasteiger partial charge on any atom is 0.327 e. The molecule has 2 N–H and O–H groups in total. The van der Waals surface area contributed by atoms with E-state index in [4.69, 9.17) is 5.11 Å². The molecular weight excluding hydrogens is 404 g/mol. The maximum absolute atomic E-state index is 13.9. The van der Waals surface area contributed by atoms with Gasteiger partial charge < -0.3 is 15.1 Å². The quantitative estimate of drug-likeness (QED) is 0.314. The third-order valence-electron chi connectivity index (χ3n) is 5.11. The van der Waals surface area contributed by atoms with Gasteiger partial charge in [0, 0.05) is 31.4 Å². The lowest BCUT2D eigenvalue weighted by atomic mass is 10.1. The summed E-state index contributed by atoms with van der Waals surface area (Å²) in [5.41, 5.74) is 0.887. The molecule has 0 unspecified atom stereocenters. The van der Waals surface area contributed by atoms with E-state index in [1.54, 1.807) is 0 Å². The SMILES string of the molecule is O=C(O)CCCCCCN1C(=O)C(F)(F)C[C@@H]1C=C[C@@H](O)CCC#Cc1ccccc1. The third kappa shape index (κ3) is 8.50. The number of nitrogens with zero attached hydrogens (tertiary/aromatic N) is 1. The molecule has 7 heteroatoms. The zero-order valence-corrected chi connectivity index (χ0v) is 17.5. The lowest BCUT2D eigenvalue weighted by Crippen LogP contribution is -2.36. The van der Waals surface area contributed by atoms with Gasteiger partial charge in [-0.3, -0.25) is 9.59 Å². The van der Waals surface area contributed by atoms with Gasteiger partial charge in [0.25, 0.3) is 5.91 Å². The van der Waals surface area contributed by atoms with E-state index in [-0.39, 0.29) is 13.0 Å². The number of benzene rings is 1. The summed E-state index contributed by atoms with van der Waals surface area (Å²) in [5, 5.41) is 18.7. The fraction of sp³-hybridized carbons (Fsp3) is 0.500. The first-order valence-corrected chi connectivity index (χ1v) is 10.6. The Morgan fingerprint density at radius 1 is 1.23 bits per heavy atom. The number of aliphatic hydroxyl groups excluding tert-OH is 1. The molecule has 5 nitrogen and oxygen atoms in total. The second kappa shape index (κ2) is 12.2. The molecule has 1 amide bonds. The third-order valence-corrected chi connectivity index (χ3v) is 5.11. The molecule has 0 bridgehead atoms. The Morgan fingerprint density at radius 3 is 2.65 bits per heavy atom. The average molecular weight is 433 g/mol. The zero-order chi connectivity index (χ0) is 22.7. The van der Waals surface area contributed by atoms with Gasteiger partial charge in [0.1, 0.15) is 0 Å². The molecule has 1 saturated heterocycles. The normalized spacial score (nSPS) is 18.7. The van der Waals surface area contributed by atoms with Crippen LogP contribution in [0.1, 0.15) is 56.9 Å². The van der Waals surface area contributed by atoms with Gasteiger partial charge in [-0.25, -0.2) is 0 Å². The molecule has 1 aromatic rings.